The molecule has 0 aliphatic carbocycles. The monoisotopic (exact) mass is 273 g/mol. The van der Waals surface area contributed by atoms with Crippen molar-refractivity contribution in [2.75, 3.05) is 0 Å². The van der Waals surface area contributed by atoms with Crippen molar-refractivity contribution in [3.63, 3.8) is 0 Å². The minimum absolute atomic E-state index is 0.345. The van der Waals surface area contributed by atoms with Gasteiger partial charge in [-0.25, -0.2) is 0 Å². The molecule has 1 aromatic heterocycles. The normalized spacial score (nSPS) is 13.1. The lowest BCUT2D eigenvalue weighted by Gasteiger charge is -2.08. The van der Waals surface area contributed by atoms with Crippen molar-refractivity contribution in [3.05, 3.63) is 15.9 Å². The highest BCUT2D eigenvalue weighted by Crippen LogP contribution is 2.21. The van der Waals surface area contributed by atoms with Crippen LogP contribution in [0.5, 0.6) is 0 Å². The number of hydrogen-bond acceptors (Lipinski definition) is 2. The van der Waals surface area contributed by atoms with Crippen molar-refractivity contribution in [1.82, 2.24) is 9.78 Å². The molecule has 0 spiro atoms. The largest absolute Gasteiger partial charge is 0.328 e. The van der Waals surface area contributed by atoms with Gasteiger partial charge in [-0.1, -0.05) is 6.92 Å². The molecule has 4 heteroatoms. The lowest BCUT2D eigenvalue weighted by Crippen LogP contribution is -2.18. The highest BCUT2D eigenvalue weighted by Gasteiger charge is 2.10. The van der Waals surface area contributed by atoms with E-state index in [0.717, 1.165) is 35.8 Å². The van der Waals surface area contributed by atoms with E-state index >= 15 is 0 Å². The van der Waals surface area contributed by atoms with Gasteiger partial charge in [0.15, 0.2) is 0 Å². The van der Waals surface area contributed by atoms with Crippen LogP contribution in [0.25, 0.3) is 0 Å². The van der Waals surface area contributed by atoms with E-state index in [1.54, 1.807) is 0 Å². The zero-order chi connectivity index (χ0) is 11.4. The second kappa shape index (κ2) is 5.66. The van der Waals surface area contributed by atoms with Gasteiger partial charge in [0.2, 0.25) is 0 Å². The fourth-order valence-electron chi connectivity index (χ4n) is 1.69. The first-order chi connectivity index (χ1) is 7.06. The Balaban J connectivity index is 2.50. The molecule has 2 N–H and O–H groups in total. The molecule has 3 nitrogen and oxygen atoms in total. The summed E-state index contributed by atoms with van der Waals surface area (Å²) >= 11 is 3.57. The third kappa shape index (κ3) is 3.31. The van der Waals surface area contributed by atoms with Crippen LogP contribution in [0.4, 0.5) is 0 Å². The molecule has 0 aliphatic heterocycles. The van der Waals surface area contributed by atoms with E-state index in [2.05, 4.69) is 28.0 Å². The van der Waals surface area contributed by atoms with E-state index in [4.69, 9.17) is 5.73 Å². The summed E-state index contributed by atoms with van der Waals surface area (Å²) in [5.74, 6) is 0. The average Bonchev–Trinajstić information content (AvgIpc) is 2.44. The fraction of sp³-hybridized carbons (Fsp3) is 0.727. The molecule has 0 aromatic carbocycles. The van der Waals surface area contributed by atoms with Crippen molar-refractivity contribution < 1.29 is 0 Å². The number of aryl methyl sites for hydroxylation is 2. The number of halogens is 1. The molecule has 1 aromatic rings. The van der Waals surface area contributed by atoms with Crippen molar-refractivity contribution in [2.24, 2.45) is 12.8 Å². The maximum atomic E-state index is 5.88. The van der Waals surface area contributed by atoms with E-state index in [9.17, 15) is 0 Å². The van der Waals surface area contributed by atoms with Gasteiger partial charge in [0.25, 0.3) is 0 Å². The van der Waals surface area contributed by atoms with Crippen LogP contribution < -0.4 is 5.73 Å². The molecular formula is C11H20BrN3. The summed E-state index contributed by atoms with van der Waals surface area (Å²) in [6.07, 6.45) is 4.33. The van der Waals surface area contributed by atoms with Gasteiger partial charge in [-0.05, 0) is 48.5 Å². The van der Waals surface area contributed by atoms with Crippen LogP contribution in [0, 0.1) is 6.92 Å². The van der Waals surface area contributed by atoms with Gasteiger partial charge >= 0.3 is 0 Å². The topological polar surface area (TPSA) is 43.8 Å². The van der Waals surface area contributed by atoms with Gasteiger partial charge in [-0.2, -0.15) is 5.10 Å². The van der Waals surface area contributed by atoms with Gasteiger partial charge in [0.1, 0.15) is 0 Å². The van der Waals surface area contributed by atoms with Crippen LogP contribution in [-0.2, 0) is 13.5 Å². The smallest absolute Gasteiger partial charge is 0.0738 e. The Morgan fingerprint density at radius 3 is 2.67 bits per heavy atom. The highest BCUT2D eigenvalue weighted by atomic mass is 79.9. The minimum Gasteiger partial charge on any atom is -0.328 e. The van der Waals surface area contributed by atoms with Crippen molar-refractivity contribution in [2.45, 2.75) is 45.6 Å². The van der Waals surface area contributed by atoms with E-state index in [0.29, 0.717) is 6.04 Å². The third-order valence-electron chi connectivity index (χ3n) is 2.77. The molecule has 0 saturated carbocycles. The summed E-state index contributed by atoms with van der Waals surface area (Å²) < 4.78 is 3.10. The Kier molecular flexibility index (Phi) is 4.80. The molecule has 0 saturated heterocycles. The quantitative estimate of drug-likeness (QED) is 0.896. The molecule has 1 atom stereocenters. The van der Waals surface area contributed by atoms with Crippen molar-refractivity contribution in [3.8, 4) is 0 Å². The van der Waals surface area contributed by atoms with Crippen LogP contribution in [0.3, 0.4) is 0 Å². The Morgan fingerprint density at radius 1 is 1.53 bits per heavy atom. The van der Waals surface area contributed by atoms with Crippen LogP contribution in [0.15, 0.2) is 4.47 Å². The maximum absolute atomic E-state index is 5.88. The molecule has 0 aliphatic rings. The second-order valence-electron chi connectivity index (χ2n) is 4.03. The SMILES string of the molecule is CCC(N)CCCc1c(Br)c(C)nn1C. The first-order valence-corrected chi connectivity index (χ1v) is 6.29. The number of rotatable bonds is 5. The van der Waals surface area contributed by atoms with Gasteiger partial charge < -0.3 is 5.73 Å². The molecule has 15 heavy (non-hydrogen) atoms. The van der Waals surface area contributed by atoms with E-state index in [1.165, 1.54) is 5.69 Å². The third-order valence-corrected chi connectivity index (χ3v) is 3.81. The fourth-order valence-corrected chi connectivity index (χ4v) is 2.22. The van der Waals surface area contributed by atoms with Crippen LogP contribution in [0.2, 0.25) is 0 Å². The zero-order valence-electron chi connectivity index (χ0n) is 9.76. The highest BCUT2D eigenvalue weighted by molar-refractivity contribution is 9.10. The van der Waals surface area contributed by atoms with Crippen LogP contribution in [0.1, 0.15) is 37.6 Å². The predicted molar refractivity (Wildman–Crippen MR) is 66.8 cm³/mol. The molecule has 1 heterocycles. The Hall–Kier alpha value is -0.350. The van der Waals surface area contributed by atoms with E-state index in [-0.39, 0.29) is 0 Å². The second-order valence-corrected chi connectivity index (χ2v) is 4.82. The summed E-state index contributed by atoms with van der Waals surface area (Å²) in [4.78, 5) is 0. The summed E-state index contributed by atoms with van der Waals surface area (Å²) in [5.41, 5.74) is 8.22. The molecule has 0 amide bonds. The predicted octanol–water partition coefficient (Wildman–Crippen LogP) is 2.55. The average molecular weight is 274 g/mol. The first kappa shape index (κ1) is 12.7. The zero-order valence-corrected chi connectivity index (χ0v) is 11.3. The maximum Gasteiger partial charge on any atom is 0.0738 e. The number of hydrogen-bond donors (Lipinski definition) is 1. The molecule has 1 unspecified atom stereocenters. The standard InChI is InChI=1S/C11H20BrN3/c1-4-9(13)6-5-7-10-11(12)8(2)14-15(10)3/h9H,4-7,13H2,1-3H3. The molecule has 0 fully saturated rings. The molecule has 86 valence electrons. The van der Waals surface area contributed by atoms with Crippen molar-refractivity contribution >= 4 is 15.9 Å². The summed E-state index contributed by atoms with van der Waals surface area (Å²) in [6.45, 7) is 4.15. The lowest BCUT2D eigenvalue weighted by atomic mass is 10.1. The van der Waals surface area contributed by atoms with Gasteiger partial charge in [-0.15, -0.1) is 0 Å². The summed E-state index contributed by atoms with van der Waals surface area (Å²) in [6, 6.07) is 0.345. The van der Waals surface area contributed by atoms with Gasteiger partial charge in [-0.3, -0.25) is 4.68 Å². The molecule has 1 rings (SSSR count). The lowest BCUT2D eigenvalue weighted by molar-refractivity contribution is 0.556. The van der Waals surface area contributed by atoms with Crippen molar-refractivity contribution in [1.29, 1.82) is 0 Å². The first-order valence-electron chi connectivity index (χ1n) is 5.49. The molecule has 0 radical (unpaired) electrons. The minimum atomic E-state index is 0.345. The molecular weight excluding hydrogens is 254 g/mol. The Bertz CT molecular complexity index is 320. The van der Waals surface area contributed by atoms with Gasteiger partial charge in [0, 0.05) is 13.1 Å². The Morgan fingerprint density at radius 2 is 2.20 bits per heavy atom. The summed E-state index contributed by atoms with van der Waals surface area (Å²) in [7, 11) is 1.99. The van der Waals surface area contributed by atoms with E-state index in [1.807, 2.05) is 18.7 Å². The van der Waals surface area contributed by atoms with Crippen LogP contribution in [-0.4, -0.2) is 15.8 Å². The number of nitrogens with two attached hydrogens (primary N) is 1. The van der Waals surface area contributed by atoms with Gasteiger partial charge in [0.05, 0.1) is 15.9 Å². The summed E-state index contributed by atoms with van der Waals surface area (Å²) in [5, 5.41) is 4.37. The van der Waals surface area contributed by atoms with Crippen LogP contribution >= 0.6 is 15.9 Å². The Labute approximate surface area is 100 Å². The molecule has 0 bridgehead atoms. The number of aromatic nitrogens is 2. The number of nitrogens with zero attached hydrogens (tertiary/aromatic N) is 2. The van der Waals surface area contributed by atoms with E-state index < -0.39 is 0 Å².